The Bertz CT molecular complexity index is 780. The zero-order valence-corrected chi connectivity index (χ0v) is 12.0. The first-order valence-corrected chi connectivity index (χ1v) is 7.19. The van der Waals surface area contributed by atoms with Crippen LogP contribution < -0.4 is 5.32 Å². The molecule has 1 heterocycles. The summed E-state index contributed by atoms with van der Waals surface area (Å²) < 4.78 is 13.4. The summed E-state index contributed by atoms with van der Waals surface area (Å²) in [5.41, 5.74) is 2.19. The maximum atomic E-state index is 13.4. The Kier molecular flexibility index (Phi) is 3.39. The number of nitrogens with zero attached hydrogens (tertiary/aromatic N) is 1. The van der Waals surface area contributed by atoms with Crippen LogP contribution in [0.15, 0.2) is 29.7 Å². The van der Waals surface area contributed by atoms with Gasteiger partial charge in [0.15, 0.2) is 5.01 Å². The van der Waals surface area contributed by atoms with E-state index in [9.17, 15) is 14.0 Å². The summed E-state index contributed by atoms with van der Waals surface area (Å²) in [6.45, 7) is 0. The molecule has 1 N–H and O–H groups in total. The highest BCUT2D eigenvalue weighted by Gasteiger charge is 2.24. The first-order valence-electron chi connectivity index (χ1n) is 6.31. The summed E-state index contributed by atoms with van der Waals surface area (Å²) in [6.07, 6.45) is 2.37. The van der Waals surface area contributed by atoms with E-state index in [-0.39, 0.29) is 28.2 Å². The van der Waals surface area contributed by atoms with E-state index in [1.54, 1.807) is 12.1 Å². The van der Waals surface area contributed by atoms with E-state index >= 15 is 0 Å². The molecule has 1 aliphatic carbocycles. The van der Waals surface area contributed by atoms with Gasteiger partial charge < -0.3 is 5.32 Å². The van der Waals surface area contributed by atoms with E-state index < -0.39 is 0 Å². The SMILES string of the molecule is CNC(=O)c1csc(C(=O)C2=CCc3ccc(F)cc32)n1. The highest BCUT2D eigenvalue weighted by atomic mass is 32.1. The molecule has 21 heavy (non-hydrogen) atoms. The molecule has 0 saturated heterocycles. The summed E-state index contributed by atoms with van der Waals surface area (Å²) in [7, 11) is 1.50. The highest BCUT2D eigenvalue weighted by Crippen LogP contribution is 2.31. The molecule has 1 aliphatic rings. The number of amides is 1. The van der Waals surface area contributed by atoms with E-state index in [1.165, 1.54) is 24.6 Å². The van der Waals surface area contributed by atoms with Crippen LogP contribution in [0.25, 0.3) is 5.57 Å². The summed E-state index contributed by atoms with van der Waals surface area (Å²) in [6, 6.07) is 4.42. The van der Waals surface area contributed by atoms with Crippen molar-refractivity contribution in [2.24, 2.45) is 0 Å². The van der Waals surface area contributed by atoms with Gasteiger partial charge in [0.25, 0.3) is 5.91 Å². The second-order valence-corrected chi connectivity index (χ2v) is 5.43. The Balaban J connectivity index is 1.93. The van der Waals surface area contributed by atoms with Gasteiger partial charge in [-0.25, -0.2) is 9.37 Å². The lowest BCUT2D eigenvalue weighted by molar-refractivity contribution is 0.0959. The normalized spacial score (nSPS) is 12.8. The monoisotopic (exact) mass is 302 g/mol. The van der Waals surface area contributed by atoms with E-state index in [4.69, 9.17) is 0 Å². The van der Waals surface area contributed by atoms with Crippen molar-refractivity contribution in [2.75, 3.05) is 7.05 Å². The lowest BCUT2D eigenvalue weighted by Crippen LogP contribution is -2.18. The smallest absolute Gasteiger partial charge is 0.270 e. The molecule has 1 aromatic carbocycles. The lowest BCUT2D eigenvalue weighted by Gasteiger charge is -2.03. The van der Waals surface area contributed by atoms with Crippen molar-refractivity contribution in [3.8, 4) is 0 Å². The number of Topliss-reactive ketones (excluding diaryl/α,β-unsaturated/α-hetero) is 1. The molecule has 1 amide bonds. The molecule has 3 rings (SSSR count). The van der Waals surface area contributed by atoms with Gasteiger partial charge in [-0.05, 0) is 29.7 Å². The minimum absolute atomic E-state index is 0.212. The van der Waals surface area contributed by atoms with Gasteiger partial charge in [-0.3, -0.25) is 9.59 Å². The second-order valence-electron chi connectivity index (χ2n) is 4.57. The van der Waals surface area contributed by atoms with Crippen LogP contribution in [0.3, 0.4) is 0 Å². The number of carbonyl (C=O) groups excluding carboxylic acids is 2. The maximum Gasteiger partial charge on any atom is 0.270 e. The van der Waals surface area contributed by atoms with Gasteiger partial charge in [0, 0.05) is 18.0 Å². The van der Waals surface area contributed by atoms with Gasteiger partial charge in [0.2, 0.25) is 5.78 Å². The third kappa shape index (κ3) is 2.38. The van der Waals surface area contributed by atoms with Gasteiger partial charge in [-0.1, -0.05) is 12.1 Å². The standard InChI is InChI=1S/C15H11FN2O2S/c1-17-14(20)12-7-21-15(18-12)13(19)10-5-3-8-2-4-9(16)6-11(8)10/h2,4-7H,3H2,1H3,(H,17,20). The van der Waals surface area contributed by atoms with Crippen molar-refractivity contribution >= 4 is 28.6 Å². The molecule has 4 nitrogen and oxygen atoms in total. The molecule has 0 unspecified atom stereocenters. The first kappa shape index (κ1) is 13.6. The first-order chi connectivity index (χ1) is 10.1. The highest BCUT2D eigenvalue weighted by molar-refractivity contribution is 7.12. The quantitative estimate of drug-likeness (QED) is 0.886. The number of benzene rings is 1. The molecule has 6 heteroatoms. The van der Waals surface area contributed by atoms with Crippen molar-refractivity contribution < 1.29 is 14.0 Å². The molecule has 0 radical (unpaired) electrons. The van der Waals surface area contributed by atoms with Crippen LogP contribution in [-0.2, 0) is 6.42 Å². The predicted molar refractivity (Wildman–Crippen MR) is 77.9 cm³/mol. The molecule has 2 aromatic rings. The number of carbonyl (C=O) groups is 2. The van der Waals surface area contributed by atoms with Crippen molar-refractivity contribution in [1.82, 2.24) is 10.3 Å². The Morgan fingerprint density at radius 2 is 2.19 bits per heavy atom. The third-order valence-electron chi connectivity index (χ3n) is 3.29. The maximum absolute atomic E-state index is 13.4. The number of nitrogens with one attached hydrogen (secondary N) is 1. The summed E-state index contributed by atoms with van der Waals surface area (Å²) in [5.74, 6) is -0.990. The average Bonchev–Trinajstić information content (AvgIpc) is 3.12. The fraction of sp³-hybridized carbons (Fsp3) is 0.133. The summed E-state index contributed by atoms with van der Waals surface area (Å²) >= 11 is 1.11. The van der Waals surface area contributed by atoms with Crippen LogP contribution in [-0.4, -0.2) is 23.7 Å². The number of ketones is 1. The molecule has 0 saturated carbocycles. The van der Waals surface area contributed by atoms with Gasteiger partial charge in [-0.15, -0.1) is 11.3 Å². The van der Waals surface area contributed by atoms with Gasteiger partial charge in [0.05, 0.1) is 0 Å². The number of halogens is 1. The number of aromatic nitrogens is 1. The molecule has 1 aromatic heterocycles. The molecular weight excluding hydrogens is 291 g/mol. The minimum atomic E-state index is -0.375. The molecule has 0 fully saturated rings. The molecule has 0 aliphatic heterocycles. The van der Waals surface area contributed by atoms with Crippen LogP contribution in [0, 0.1) is 5.82 Å². The van der Waals surface area contributed by atoms with E-state index in [2.05, 4.69) is 10.3 Å². The van der Waals surface area contributed by atoms with Crippen LogP contribution in [0.1, 0.15) is 31.4 Å². The fourth-order valence-electron chi connectivity index (χ4n) is 2.24. The minimum Gasteiger partial charge on any atom is -0.354 e. The average molecular weight is 302 g/mol. The van der Waals surface area contributed by atoms with Gasteiger partial charge >= 0.3 is 0 Å². The van der Waals surface area contributed by atoms with Crippen molar-refractivity contribution in [3.05, 3.63) is 57.3 Å². The molecule has 0 bridgehead atoms. The molecule has 106 valence electrons. The van der Waals surface area contributed by atoms with Crippen LogP contribution in [0.2, 0.25) is 0 Å². The summed E-state index contributed by atoms with van der Waals surface area (Å²) in [4.78, 5) is 28.0. The third-order valence-corrected chi connectivity index (χ3v) is 4.13. The molecular formula is C15H11FN2O2S. The number of hydrogen-bond donors (Lipinski definition) is 1. The predicted octanol–water partition coefficient (Wildman–Crippen LogP) is 2.46. The van der Waals surface area contributed by atoms with E-state index in [0.29, 0.717) is 17.6 Å². The fourth-order valence-corrected chi connectivity index (χ4v) is 2.99. The van der Waals surface area contributed by atoms with Crippen LogP contribution >= 0.6 is 11.3 Å². The van der Waals surface area contributed by atoms with Crippen molar-refractivity contribution in [3.63, 3.8) is 0 Å². The lowest BCUT2D eigenvalue weighted by atomic mass is 10.0. The van der Waals surface area contributed by atoms with Crippen molar-refractivity contribution in [2.45, 2.75) is 6.42 Å². The van der Waals surface area contributed by atoms with E-state index in [1.807, 2.05) is 0 Å². The van der Waals surface area contributed by atoms with Crippen molar-refractivity contribution in [1.29, 1.82) is 0 Å². The molecule has 0 atom stereocenters. The number of rotatable bonds is 3. The van der Waals surface area contributed by atoms with Gasteiger partial charge in [0.1, 0.15) is 11.5 Å². The number of thiazole rings is 1. The Morgan fingerprint density at radius 1 is 1.38 bits per heavy atom. The number of hydrogen-bond acceptors (Lipinski definition) is 4. The number of allylic oxidation sites excluding steroid dienone is 2. The van der Waals surface area contributed by atoms with Crippen LogP contribution in [0.5, 0.6) is 0 Å². The topological polar surface area (TPSA) is 59.1 Å². The zero-order valence-electron chi connectivity index (χ0n) is 11.1. The van der Waals surface area contributed by atoms with Gasteiger partial charge in [-0.2, -0.15) is 0 Å². The largest absolute Gasteiger partial charge is 0.354 e. The Morgan fingerprint density at radius 3 is 2.95 bits per heavy atom. The number of fused-ring (bicyclic) bond motifs is 1. The second kappa shape index (κ2) is 5.21. The van der Waals surface area contributed by atoms with E-state index in [0.717, 1.165) is 16.9 Å². The Hall–Kier alpha value is -2.34. The Labute approximate surface area is 124 Å². The van der Waals surface area contributed by atoms with Crippen LogP contribution in [0.4, 0.5) is 4.39 Å². The molecule has 0 spiro atoms. The zero-order chi connectivity index (χ0) is 15.0. The summed E-state index contributed by atoms with van der Waals surface area (Å²) in [5, 5.41) is 4.22.